The molecule has 1 aliphatic rings. The Morgan fingerprint density at radius 2 is 1.72 bits per heavy atom. The van der Waals surface area contributed by atoms with Gasteiger partial charge in [-0.25, -0.2) is 8.42 Å². The lowest BCUT2D eigenvalue weighted by Crippen LogP contribution is -2.27. The van der Waals surface area contributed by atoms with E-state index in [1.807, 2.05) is 0 Å². The summed E-state index contributed by atoms with van der Waals surface area (Å²) in [6.45, 7) is 0.218. The van der Waals surface area contributed by atoms with Crippen LogP contribution in [0.2, 0.25) is 5.02 Å². The number of rotatable bonds is 6. The molecule has 7 heteroatoms. The SMILES string of the molecule is CN(Cc1ccc(C(=O)NC2CC2)cc1)S(=O)(=O)c1ccc(Cl)cc1. The monoisotopic (exact) mass is 378 g/mol. The molecule has 0 aliphatic heterocycles. The van der Waals surface area contributed by atoms with Gasteiger partial charge in [0.05, 0.1) is 4.90 Å². The molecule has 1 aliphatic carbocycles. The molecular weight excluding hydrogens is 360 g/mol. The molecule has 0 aromatic heterocycles. The summed E-state index contributed by atoms with van der Waals surface area (Å²) in [6.07, 6.45) is 2.08. The van der Waals surface area contributed by atoms with E-state index < -0.39 is 10.0 Å². The highest BCUT2D eigenvalue weighted by atomic mass is 35.5. The van der Waals surface area contributed by atoms with Gasteiger partial charge in [-0.1, -0.05) is 23.7 Å². The third-order valence-electron chi connectivity index (χ3n) is 4.06. The van der Waals surface area contributed by atoms with Crippen LogP contribution in [-0.4, -0.2) is 31.7 Å². The van der Waals surface area contributed by atoms with E-state index in [0.29, 0.717) is 16.6 Å². The molecule has 1 amide bonds. The molecule has 2 aromatic rings. The fourth-order valence-corrected chi connectivity index (χ4v) is 3.67. The molecule has 0 atom stereocenters. The first kappa shape index (κ1) is 17.9. The van der Waals surface area contributed by atoms with Gasteiger partial charge in [0.25, 0.3) is 5.91 Å². The fraction of sp³-hybridized carbons (Fsp3) is 0.278. The lowest BCUT2D eigenvalue weighted by Gasteiger charge is -2.17. The molecule has 0 radical (unpaired) electrons. The second-order valence-corrected chi connectivity index (χ2v) is 8.64. The van der Waals surface area contributed by atoms with E-state index in [-0.39, 0.29) is 17.3 Å². The molecule has 1 N–H and O–H groups in total. The first-order chi connectivity index (χ1) is 11.9. The van der Waals surface area contributed by atoms with Crippen molar-refractivity contribution in [2.75, 3.05) is 7.05 Å². The van der Waals surface area contributed by atoms with E-state index in [9.17, 15) is 13.2 Å². The number of amides is 1. The van der Waals surface area contributed by atoms with Gasteiger partial charge < -0.3 is 5.32 Å². The van der Waals surface area contributed by atoms with E-state index in [2.05, 4.69) is 5.32 Å². The van der Waals surface area contributed by atoms with E-state index in [1.54, 1.807) is 36.4 Å². The van der Waals surface area contributed by atoms with Gasteiger partial charge in [-0.15, -0.1) is 0 Å². The molecule has 1 saturated carbocycles. The molecule has 25 heavy (non-hydrogen) atoms. The Labute approximate surface area is 152 Å². The minimum Gasteiger partial charge on any atom is -0.349 e. The average molecular weight is 379 g/mol. The number of carbonyl (C=O) groups is 1. The van der Waals surface area contributed by atoms with E-state index in [4.69, 9.17) is 11.6 Å². The number of benzene rings is 2. The summed E-state index contributed by atoms with van der Waals surface area (Å²) in [7, 11) is -2.07. The van der Waals surface area contributed by atoms with Gasteiger partial charge in [-0.2, -0.15) is 4.31 Å². The summed E-state index contributed by atoms with van der Waals surface area (Å²) in [4.78, 5) is 12.2. The van der Waals surface area contributed by atoms with Crippen LogP contribution in [0.1, 0.15) is 28.8 Å². The maximum absolute atomic E-state index is 12.6. The van der Waals surface area contributed by atoms with E-state index >= 15 is 0 Å². The van der Waals surface area contributed by atoms with Gasteiger partial charge in [0.1, 0.15) is 0 Å². The molecule has 3 rings (SSSR count). The van der Waals surface area contributed by atoms with Crippen LogP contribution in [0.4, 0.5) is 0 Å². The predicted molar refractivity (Wildman–Crippen MR) is 97.0 cm³/mol. The van der Waals surface area contributed by atoms with Crippen molar-refractivity contribution in [1.29, 1.82) is 0 Å². The van der Waals surface area contributed by atoms with Crippen LogP contribution in [0.3, 0.4) is 0 Å². The minimum atomic E-state index is -3.59. The summed E-state index contributed by atoms with van der Waals surface area (Å²) in [5, 5.41) is 3.41. The lowest BCUT2D eigenvalue weighted by molar-refractivity contribution is 0.0951. The van der Waals surface area contributed by atoms with Gasteiger partial charge in [-0.3, -0.25) is 4.79 Å². The van der Waals surface area contributed by atoms with Crippen molar-refractivity contribution >= 4 is 27.5 Å². The number of nitrogens with zero attached hydrogens (tertiary/aromatic N) is 1. The molecule has 0 unspecified atom stereocenters. The second kappa shape index (κ2) is 7.15. The summed E-state index contributed by atoms with van der Waals surface area (Å²) in [5.41, 5.74) is 1.39. The van der Waals surface area contributed by atoms with Gasteiger partial charge in [0, 0.05) is 30.2 Å². The Balaban J connectivity index is 1.68. The van der Waals surface area contributed by atoms with Crippen LogP contribution in [0.25, 0.3) is 0 Å². The zero-order valence-corrected chi connectivity index (χ0v) is 15.3. The number of hydrogen-bond acceptors (Lipinski definition) is 3. The summed E-state index contributed by atoms with van der Waals surface area (Å²) in [5.74, 6) is -0.0869. The highest BCUT2D eigenvalue weighted by Crippen LogP contribution is 2.21. The van der Waals surface area contributed by atoms with Gasteiger partial charge >= 0.3 is 0 Å². The van der Waals surface area contributed by atoms with E-state index in [0.717, 1.165) is 18.4 Å². The Morgan fingerprint density at radius 3 is 2.28 bits per heavy atom. The topological polar surface area (TPSA) is 66.5 Å². The Morgan fingerprint density at radius 1 is 1.12 bits per heavy atom. The highest BCUT2D eigenvalue weighted by Gasteiger charge is 2.24. The number of sulfonamides is 1. The number of hydrogen-bond donors (Lipinski definition) is 1. The summed E-state index contributed by atoms with van der Waals surface area (Å²) in [6, 6.07) is 13.4. The van der Waals surface area contributed by atoms with Crippen molar-refractivity contribution in [3.05, 3.63) is 64.7 Å². The second-order valence-electron chi connectivity index (χ2n) is 6.16. The molecule has 2 aromatic carbocycles. The zero-order valence-electron chi connectivity index (χ0n) is 13.8. The smallest absolute Gasteiger partial charge is 0.251 e. The molecule has 0 spiro atoms. The highest BCUT2D eigenvalue weighted by molar-refractivity contribution is 7.89. The predicted octanol–water partition coefficient (Wildman–Crippen LogP) is 3.05. The summed E-state index contributed by atoms with van der Waals surface area (Å²) >= 11 is 5.81. The largest absolute Gasteiger partial charge is 0.349 e. The van der Waals surface area contributed by atoms with Crippen LogP contribution in [0, 0.1) is 0 Å². The van der Waals surface area contributed by atoms with Gasteiger partial charge in [0.15, 0.2) is 0 Å². The van der Waals surface area contributed by atoms with Crippen LogP contribution in [0.5, 0.6) is 0 Å². The first-order valence-electron chi connectivity index (χ1n) is 7.98. The summed E-state index contributed by atoms with van der Waals surface area (Å²) < 4.78 is 26.4. The average Bonchev–Trinajstić information content (AvgIpc) is 3.39. The first-order valence-corrected chi connectivity index (χ1v) is 9.80. The normalized spacial score (nSPS) is 14.5. The standard InChI is InChI=1S/C18H19ClN2O3S/c1-21(25(23,24)17-10-6-15(19)7-11-17)12-13-2-4-14(5-3-13)18(22)20-16-8-9-16/h2-7,10-11,16H,8-9,12H2,1H3,(H,20,22). The maximum atomic E-state index is 12.6. The molecule has 0 saturated heterocycles. The minimum absolute atomic E-state index is 0.0869. The number of carbonyl (C=O) groups excluding carboxylic acids is 1. The van der Waals surface area contributed by atoms with Crippen molar-refractivity contribution in [3.8, 4) is 0 Å². The molecule has 5 nitrogen and oxygen atoms in total. The van der Waals surface area contributed by atoms with Crippen molar-refractivity contribution in [1.82, 2.24) is 9.62 Å². The molecule has 0 heterocycles. The van der Waals surface area contributed by atoms with Crippen molar-refractivity contribution in [2.45, 2.75) is 30.3 Å². The van der Waals surface area contributed by atoms with Gasteiger partial charge in [-0.05, 0) is 54.8 Å². The number of nitrogens with one attached hydrogen (secondary N) is 1. The van der Waals surface area contributed by atoms with Crippen LogP contribution < -0.4 is 5.32 Å². The molecule has 132 valence electrons. The Bertz CT molecular complexity index is 860. The van der Waals surface area contributed by atoms with Crippen LogP contribution in [0.15, 0.2) is 53.4 Å². The third-order valence-corrected chi connectivity index (χ3v) is 6.13. The van der Waals surface area contributed by atoms with Crippen molar-refractivity contribution in [3.63, 3.8) is 0 Å². The molecule has 0 bridgehead atoms. The quantitative estimate of drug-likeness (QED) is 0.840. The Hall–Kier alpha value is -1.89. The van der Waals surface area contributed by atoms with Crippen molar-refractivity contribution < 1.29 is 13.2 Å². The number of halogens is 1. The third kappa shape index (κ3) is 4.39. The molecule has 1 fully saturated rings. The van der Waals surface area contributed by atoms with Crippen LogP contribution >= 0.6 is 11.6 Å². The van der Waals surface area contributed by atoms with Crippen molar-refractivity contribution in [2.24, 2.45) is 0 Å². The van der Waals surface area contributed by atoms with E-state index in [1.165, 1.54) is 23.5 Å². The maximum Gasteiger partial charge on any atom is 0.251 e. The molecular formula is C18H19ClN2O3S. The Kier molecular flexibility index (Phi) is 5.13. The zero-order chi connectivity index (χ0) is 18.0. The van der Waals surface area contributed by atoms with Crippen LogP contribution in [-0.2, 0) is 16.6 Å². The lowest BCUT2D eigenvalue weighted by atomic mass is 10.1. The fourth-order valence-electron chi connectivity index (χ4n) is 2.39. The van der Waals surface area contributed by atoms with Gasteiger partial charge in [0.2, 0.25) is 10.0 Å².